The number of hydrogen-bond acceptors (Lipinski definition) is 6. The smallest absolute Gasteiger partial charge is 0.134 e. The van der Waals surface area contributed by atoms with Gasteiger partial charge in [-0.1, -0.05) is 31.2 Å². The Bertz CT molecular complexity index is 831. The molecule has 28 heavy (non-hydrogen) atoms. The topological polar surface area (TPSA) is 55.7 Å². The third-order valence-corrected chi connectivity index (χ3v) is 6.73. The van der Waals surface area contributed by atoms with E-state index in [1.54, 1.807) is 6.33 Å². The van der Waals surface area contributed by atoms with E-state index in [4.69, 9.17) is 0 Å². The summed E-state index contributed by atoms with van der Waals surface area (Å²) in [6, 6.07) is 10.8. The maximum absolute atomic E-state index is 11.5. The van der Waals surface area contributed by atoms with Crippen molar-refractivity contribution in [2.75, 3.05) is 50.6 Å². The lowest BCUT2D eigenvalue weighted by atomic mass is 9.72. The van der Waals surface area contributed by atoms with Crippen molar-refractivity contribution in [2.45, 2.75) is 37.3 Å². The largest absolute Gasteiger partial charge is 0.390 e. The molecule has 150 valence electrons. The minimum absolute atomic E-state index is 0.0761. The van der Waals surface area contributed by atoms with Gasteiger partial charge in [0.15, 0.2) is 0 Å². The quantitative estimate of drug-likeness (QED) is 0.878. The molecule has 2 heterocycles. The molecule has 1 aromatic carbocycles. The third kappa shape index (κ3) is 2.95. The SMILES string of the molecule is CCN(C)[C@@H]1c2ccccc2C2(CCN(c3cc(N(C)C)ncn3)CC2)[C@H]1O. The van der Waals surface area contributed by atoms with Crippen molar-refractivity contribution in [1.82, 2.24) is 14.9 Å². The highest BCUT2D eigenvalue weighted by Crippen LogP contribution is 2.52. The Labute approximate surface area is 167 Å². The van der Waals surface area contributed by atoms with Crippen molar-refractivity contribution in [3.8, 4) is 0 Å². The molecule has 0 amide bonds. The number of aromatic nitrogens is 2. The molecule has 1 aromatic heterocycles. The molecule has 2 atom stereocenters. The van der Waals surface area contributed by atoms with Crippen molar-refractivity contribution in [3.63, 3.8) is 0 Å². The van der Waals surface area contributed by atoms with Crippen LogP contribution in [0.3, 0.4) is 0 Å². The zero-order valence-electron chi connectivity index (χ0n) is 17.3. The van der Waals surface area contributed by atoms with Crippen LogP contribution in [0.1, 0.15) is 36.9 Å². The summed E-state index contributed by atoms with van der Waals surface area (Å²) in [6.45, 7) is 4.85. The van der Waals surface area contributed by atoms with Gasteiger partial charge in [-0.2, -0.15) is 0 Å². The van der Waals surface area contributed by atoms with Gasteiger partial charge in [-0.05, 0) is 37.6 Å². The number of likely N-dealkylation sites (N-methyl/N-ethyl adjacent to an activating group) is 1. The highest BCUT2D eigenvalue weighted by molar-refractivity contribution is 5.51. The molecule has 1 aliphatic heterocycles. The van der Waals surface area contributed by atoms with Gasteiger partial charge in [-0.25, -0.2) is 9.97 Å². The summed E-state index contributed by atoms with van der Waals surface area (Å²) in [7, 11) is 6.10. The fraction of sp³-hybridized carbons (Fsp3) is 0.545. The first kappa shape index (κ1) is 19.2. The second-order valence-electron chi connectivity index (χ2n) is 8.32. The number of rotatable bonds is 4. The lowest BCUT2D eigenvalue weighted by Gasteiger charge is -2.44. The van der Waals surface area contributed by atoms with Crippen molar-refractivity contribution < 1.29 is 5.11 Å². The van der Waals surface area contributed by atoms with E-state index in [0.29, 0.717) is 0 Å². The van der Waals surface area contributed by atoms with Gasteiger partial charge in [0, 0.05) is 38.7 Å². The standard InChI is InChI=1S/C22H31N5O/c1-5-26(4)20-16-8-6-7-9-17(16)22(21(20)28)10-12-27(13-11-22)19-14-18(25(2)3)23-15-24-19/h6-9,14-15,20-21,28H,5,10-13H2,1-4H3/t20-,21+/m1/s1. The van der Waals surface area contributed by atoms with Crippen molar-refractivity contribution in [3.05, 3.63) is 47.8 Å². The van der Waals surface area contributed by atoms with Gasteiger partial charge in [0.1, 0.15) is 18.0 Å². The van der Waals surface area contributed by atoms with E-state index in [-0.39, 0.29) is 17.6 Å². The molecule has 2 aromatic rings. The first-order valence-corrected chi connectivity index (χ1v) is 10.2. The Morgan fingerprint density at radius 3 is 2.54 bits per heavy atom. The van der Waals surface area contributed by atoms with Crippen LogP contribution in [-0.4, -0.2) is 66.9 Å². The van der Waals surface area contributed by atoms with Gasteiger partial charge in [0.25, 0.3) is 0 Å². The zero-order valence-corrected chi connectivity index (χ0v) is 17.3. The summed E-state index contributed by atoms with van der Waals surface area (Å²) < 4.78 is 0. The number of aliphatic hydroxyl groups excluding tert-OH is 1. The molecule has 4 rings (SSSR count). The number of hydrogen-bond donors (Lipinski definition) is 1. The first-order chi connectivity index (χ1) is 13.5. The summed E-state index contributed by atoms with van der Waals surface area (Å²) >= 11 is 0. The van der Waals surface area contributed by atoms with E-state index in [2.05, 4.69) is 58.0 Å². The van der Waals surface area contributed by atoms with E-state index < -0.39 is 0 Å². The van der Waals surface area contributed by atoms with Crippen LogP contribution < -0.4 is 9.80 Å². The van der Waals surface area contributed by atoms with Crippen molar-refractivity contribution in [1.29, 1.82) is 0 Å². The average Bonchev–Trinajstić information content (AvgIpc) is 2.96. The predicted molar refractivity (Wildman–Crippen MR) is 113 cm³/mol. The molecule has 0 radical (unpaired) electrons. The molecule has 0 saturated carbocycles. The maximum atomic E-state index is 11.5. The number of aliphatic hydroxyl groups is 1. The summed E-state index contributed by atoms with van der Waals surface area (Å²) in [5.74, 6) is 1.89. The highest BCUT2D eigenvalue weighted by atomic mass is 16.3. The van der Waals surface area contributed by atoms with E-state index >= 15 is 0 Å². The van der Waals surface area contributed by atoms with Crippen LogP contribution in [0, 0.1) is 0 Å². The molecule has 6 heteroatoms. The summed E-state index contributed by atoms with van der Waals surface area (Å²) in [5, 5.41) is 11.5. The third-order valence-electron chi connectivity index (χ3n) is 6.73. The lowest BCUT2D eigenvalue weighted by molar-refractivity contribution is 0.0105. The Morgan fingerprint density at radius 1 is 1.14 bits per heavy atom. The van der Waals surface area contributed by atoms with E-state index in [0.717, 1.165) is 44.1 Å². The van der Waals surface area contributed by atoms with Crippen LogP contribution in [0.5, 0.6) is 0 Å². The fourth-order valence-corrected chi connectivity index (χ4v) is 4.97. The van der Waals surface area contributed by atoms with Gasteiger partial charge < -0.3 is 14.9 Å². The molecule has 2 aliphatic rings. The molecular formula is C22H31N5O. The summed E-state index contributed by atoms with van der Waals surface area (Å²) in [5.41, 5.74) is 2.47. The number of fused-ring (bicyclic) bond motifs is 2. The first-order valence-electron chi connectivity index (χ1n) is 10.2. The lowest BCUT2D eigenvalue weighted by Crippen LogP contribution is -2.49. The minimum Gasteiger partial charge on any atom is -0.390 e. The normalized spacial score (nSPS) is 23.3. The Kier molecular flexibility index (Phi) is 5.02. The molecule has 1 N–H and O–H groups in total. The van der Waals surface area contributed by atoms with E-state index in [9.17, 15) is 5.11 Å². The molecule has 1 fully saturated rings. The Balaban J connectivity index is 1.61. The number of anilines is 2. The minimum atomic E-state index is -0.375. The molecule has 0 bridgehead atoms. The predicted octanol–water partition coefficient (Wildman–Crippen LogP) is 2.45. The molecule has 6 nitrogen and oxygen atoms in total. The highest BCUT2D eigenvalue weighted by Gasteiger charge is 2.53. The summed E-state index contributed by atoms with van der Waals surface area (Å²) in [6.07, 6.45) is 3.13. The number of benzene rings is 1. The van der Waals surface area contributed by atoms with Gasteiger partial charge in [-0.3, -0.25) is 4.90 Å². The van der Waals surface area contributed by atoms with Crippen molar-refractivity contribution in [2.24, 2.45) is 0 Å². The molecular weight excluding hydrogens is 350 g/mol. The van der Waals surface area contributed by atoms with E-state index in [1.807, 2.05) is 25.1 Å². The number of nitrogens with zero attached hydrogens (tertiary/aromatic N) is 5. The van der Waals surface area contributed by atoms with Crippen LogP contribution >= 0.6 is 0 Å². The zero-order chi connectivity index (χ0) is 19.9. The Hall–Kier alpha value is -2.18. The maximum Gasteiger partial charge on any atom is 0.134 e. The van der Waals surface area contributed by atoms with Gasteiger partial charge in [0.05, 0.1) is 12.1 Å². The van der Waals surface area contributed by atoms with Crippen LogP contribution in [0.15, 0.2) is 36.7 Å². The van der Waals surface area contributed by atoms with E-state index in [1.165, 1.54) is 11.1 Å². The Morgan fingerprint density at radius 2 is 1.86 bits per heavy atom. The molecule has 1 saturated heterocycles. The second kappa shape index (κ2) is 7.33. The monoisotopic (exact) mass is 381 g/mol. The van der Waals surface area contributed by atoms with Crippen LogP contribution in [-0.2, 0) is 5.41 Å². The van der Waals surface area contributed by atoms with Gasteiger partial charge >= 0.3 is 0 Å². The average molecular weight is 382 g/mol. The van der Waals surface area contributed by atoms with Crippen LogP contribution in [0.2, 0.25) is 0 Å². The van der Waals surface area contributed by atoms with Crippen LogP contribution in [0.25, 0.3) is 0 Å². The molecule has 1 aliphatic carbocycles. The summed E-state index contributed by atoms with van der Waals surface area (Å²) in [4.78, 5) is 15.4. The number of piperidine rings is 1. The van der Waals surface area contributed by atoms with Crippen LogP contribution in [0.4, 0.5) is 11.6 Å². The van der Waals surface area contributed by atoms with Gasteiger partial charge in [-0.15, -0.1) is 0 Å². The van der Waals surface area contributed by atoms with Crippen molar-refractivity contribution >= 4 is 11.6 Å². The second-order valence-corrected chi connectivity index (χ2v) is 8.32. The molecule has 0 unspecified atom stereocenters. The van der Waals surface area contributed by atoms with Gasteiger partial charge in [0.2, 0.25) is 0 Å². The fourth-order valence-electron chi connectivity index (χ4n) is 4.97. The molecule has 1 spiro atoms.